The number of amides is 1. The lowest BCUT2D eigenvalue weighted by atomic mass is 10.1. The first-order valence-electron chi connectivity index (χ1n) is 8.36. The molecule has 0 radical (unpaired) electrons. The van der Waals surface area contributed by atoms with Gasteiger partial charge in [0.1, 0.15) is 6.61 Å². The van der Waals surface area contributed by atoms with E-state index in [-0.39, 0.29) is 18.2 Å². The summed E-state index contributed by atoms with van der Waals surface area (Å²) in [6.07, 6.45) is -4.37. The quantitative estimate of drug-likeness (QED) is 0.724. The summed E-state index contributed by atoms with van der Waals surface area (Å²) in [6, 6.07) is 11.2. The Morgan fingerprint density at radius 3 is 2.32 bits per heavy atom. The van der Waals surface area contributed by atoms with Gasteiger partial charge in [-0.2, -0.15) is 13.2 Å². The molecule has 1 N–H and O–H groups in total. The molecule has 0 bridgehead atoms. The predicted molar refractivity (Wildman–Crippen MR) is 98.3 cm³/mol. The normalized spacial score (nSPS) is 11.8. The Kier molecular flexibility index (Phi) is 5.28. The molecule has 1 heterocycles. The molecule has 0 fully saturated rings. The highest BCUT2D eigenvalue weighted by Gasteiger charge is 2.27. The maximum Gasteiger partial charge on any atom is 0.411 e. The van der Waals surface area contributed by atoms with Gasteiger partial charge in [-0.1, -0.05) is 12.1 Å². The molecule has 0 aliphatic rings. The molecule has 28 heavy (non-hydrogen) atoms. The SMILES string of the molecule is Cn1c(=O)n(C)c2cc(NC(=O)c3ccc(COCC(F)(F)F)cc3)ccc21. The number of anilines is 1. The maximum absolute atomic E-state index is 12.4. The van der Waals surface area contributed by atoms with Crippen LogP contribution in [0.2, 0.25) is 0 Å². The Morgan fingerprint density at radius 2 is 1.68 bits per heavy atom. The van der Waals surface area contributed by atoms with Crippen LogP contribution in [0.15, 0.2) is 47.3 Å². The Balaban J connectivity index is 1.68. The van der Waals surface area contributed by atoms with Gasteiger partial charge in [0.05, 0.1) is 17.6 Å². The molecule has 0 unspecified atom stereocenters. The van der Waals surface area contributed by atoms with Gasteiger partial charge in [-0.05, 0) is 35.9 Å². The maximum atomic E-state index is 12.4. The van der Waals surface area contributed by atoms with E-state index in [9.17, 15) is 22.8 Å². The fraction of sp³-hybridized carbons (Fsp3) is 0.263. The second-order valence-electron chi connectivity index (χ2n) is 6.36. The van der Waals surface area contributed by atoms with Crippen molar-refractivity contribution in [2.45, 2.75) is 12.8 Å². The summed E-state index contributed by atoms with van der Waals surface area (Å²) in [5.41, 5.74) is 2.66. The third-order valence-electron chi connectivity index (χ3n) is 4.28. The number of halogens is 3. The number of imidazole rings is 1. The number of benzene rings is 2. The van der Waals surface area contributed by atoms with Crippen LogP contribution in [0, 0.1) is 0 Å². The molecule has 0 atom stereocenters. The zero-order valence-electron chi connectivity index (χ0n) is 15.2. The summed E-state index contributed by atoms with van der Waals surface area (Å²) < 4.78 is 43.8. The van der Waals surface area contributed by atoms with E-state index in [4.69, 9.17) is 0 Å². The van der Waals surface area contributed by atoms with Crippen molar-refractivity contribution in [2.75, 3.05) is 11.9 Å². The summed E-state index contributed by atoms with van der Waals surface area (Å²) in [6.45, 7) is -1.51. The largest absolute Gasteiger partial charge is 0.411 e. The Bertz CT molecular complexity index is 1070. The van der Waals surface area contributed by atoms with E-state index in [1.54, 1.807) is 32.3 Å². The number of carbonyl (C=O) groups is 1. The van der Waals surface area contributed by atoms with E-state index < -0.39 is 12.8 Å². The van der Waals surface area contributed by atoms with Crippen LogP contribution < -0.4 is 11.0 Å². The zero-order chi connectivity index (χ0) is 20.5. The number of rotatable bonds is 5. The lowest BCUT2D eigenvalue weighted by Crippen LogP contribution is -2.19. The smallest absolute Gasteiger partial charge is 0.367 e. The molecular formula is C19H18F3N3O3. The summed E-state index contributed by atoms with van der Waals surface area (Å²) in [4.78, 5) is 24.4. The highest BCUT2D eigenvalue weighted by molar-refractivity contribution is 6.05. The molecule has 1 aromatic heterocycles. The number of fused-ring (bicyclic) bond motifs is 1. The predicted octanol–water partition coefficient (Wildman–Crippen LogP) is 3.21. The van der Waals surface area contributed by atoms with Gasteiger partial charge in [0.25, 0.3) is 5.91 Å². The molecule has 0 spiro atoms. The Labute approximate surface area is 158 Å². The summed E-state index contributed by atoms with van der Waals surface area (Å²) in [5.74, 6) is -0.372. The van der Waals surface area contributed by atoms with Gasteiger partial charge in [-0.3, -0.25) is 13.9 Å². The van der Waals surface area contributed by atoms with Crippen molar-refractivity contribution in [3.8, 4) is 0 Å². The van der Waals surface area contributed by atoms with Crippen molar-refractivity contribution < 1.29 is 22.7 Å². The van der Waals surface area contributed by atoms with E-state index in [1.807, 2.05) is 0 Å². The van der Waals surface area contributed by atoms with E-state index in [1.165, 1.54) is 33.4 Å². The van der Waals surface area contributed by atoms with E-state index in [0.29, 0.717) is 22.3 Å². The first kappa shape index (κ1) is 19.7. The molecule has 0 aliphatic heterocycles. The highest BCUT2D eigenvalue weighted by atomic mass is 19.4. The minimum absolute atomic E-state index is 0.165. The number of alkyl halides is 3. The summed E-state index contributed by atoms with van der Waals surface area (Å²) in [7, 11) is 3.32. The van der Waals surface area contributed by atoms with Gasteiger partial charge in [0, 0.05) is 25.3 Å². The average Bonchev–Trinajstić information content (AvgIpc) is 2.85. The number of hydrogen-bond acceptors (Lipinski definition) is 3. The first-order chi connectivity index (χ1) is 13.2. The van der Waals surface area contributed by atoms with Crippen LogP contribution in [0.25, 0.3) is 11.0 Å². The van der Waals surface area contributed by atoms with Crippen LogP contribution >= 0.6 is 0 Å². The van der Waals surface area contributed by atoms with Crippen LogP contribution in [0.1, 0.15) is 15.9 Å². The Hall–Kier alpha value is -3.07. The van der Waals surface area contributed by atoms with Gasteiger partial charge >= 0.3 is 11.9 Å². The van der Waals surface area contributed by atoms with E-state index >= 15 is 0 Å². The number of nitrogens with zero attached hydrogens (tertiary/aromatic N) is 2. The number of carbonyl (C=O) groups excluding carboxylic acids is 1. The second kappa shape index (κ2) is 7.51. The summed E-state index contributed by atoms with van der Waals surface area (Å²) >= 11 is 0. The molecule has 148 valence electrons. The third-order valence-corrected chi connectivity index (χ3v) is 4.28. The van der Waals surface area contributed by atoms with Crippen molar-refractivity contribution in [1.82, 2.24) is 9.13 Å². The zero-order valence-corrected chi connectivity index (χ0v) is 15.2. The fourth-order valence-corrected chi connectivity index (χ4v) is 2.82. The molecule has 9 heteroatoms. The lowest BCUT2D eigenvalue weighted by Gasteiger charge is -2.09. The molecule has 3 aromatic rings. The standard InChI is InChI=1S/C19H18F3N3O3/c1-24-15-8-7-14(9-16(15)25(2)18(24)27)23-17(26)13-5-3-12(4-6-13)10-28-11-19(20,21)22/h3-9H,10-11H2,1-2H3,(H,23,26). The second-order valence-corrected chi connectivity index (χ2v) is 6.36. The van der Waals surface area contributed by atoms with Gasteiger partial charge in [0.2, 0.25) is 0 Å². The number of hydrogen-bond donors (Lipinski definition) is 1. The molecule has 2 aromatic carbocycles. The van der Waals surface area contributed by atoms with Gasteiger partial charge in [-0.15, -0.1) is 0 Å². The van der Waals surface area contributed by atoms with Crippen LogP contribution in [0.5, 0.6) is 0 Å². The van der Waals surface area contributed by atoms with Crippen molar-refractivity contribution >= 4 is 22.6 Å². The van der Waals surface area contributed by atoms with Crippen LogP contribution in [-0.4, -0.2) is 27.8 Å². The molecule has 6 nitrogen and oxygen atoms in total. The van der Waals surface area contributed by atoms with Crippen LogP contribution in [0.3, 0.4) is 0 Å². The molecule has 0 saturated heterocycles. The minimum atomic E-state index is -4.37. The first-order valence-corrected chi connectivity index (χ1v) is 8.36. The number of nitrogens with one attached hydrogen (secondary N) is 1. The molecule has 1 amide bonds. The Morgan fingerprint density at radius 1 is 1.04 bits per heavy atom. The molecular weight excluding hydrogens is 375 g/mol. The number of ether oxygens (including phenoxy) is 1. The monoisotopic (exact) mass is 393 g/mol. The van der Waals surface area contributed by atoms with Gasteiger partial charge < -0.3 is 10.1 Å². The summed E-state index contributed by atoms with van der Waals surface area (Å²) in [5, 5.41) is 2.75. The van der Waals surface area contributed by atoms with Crippen molar-refractivity contribution in [2.24, 2.45) is 14.1 Å². The van der Waals surface area contributed by atoms with Crippen molar-refractivity contribution in [3.63, 3.8) is 0 Å². The molecule has 3 rings (SSSR count). The van der Waals surface area contributed by atoms with Crippen molar-refractivity contribution in [3.05, 3.63) is 64.1 Å². The lowest BCUT2D eigenvalue weighted by molar-refractivity contribution is -0.176. The molecule has 0 saturated carbocycles. The number of aromatic nitrogens is 2. The van der Waals surface area contributed by atoms with Gasteiger partial charge in [-0.25, -0.2) is 4.79 Å². The average molecular weight is 393 g/mol. The fourth-order valence-electron chi connectivity index (χ4n) is 2.82. The van der Waals surface area contributed by atoms with E-state index in [0.717, 1.165) is 5.52 Å². The topological polar surface area (TPSA) is 65.3 Å². The van der Waals surface area contributed by atoms with Crippen LogP contribution in [0.4, 0.5) is 18.9 Å². The number of aryl methyl sites for hydroxylation is 2. The van der Waals surface area contributed by atoms with Gasteiger partial charge in [0.15, 0.2) is 0 Å². The van der Waals surface area contributed by atoms with Crippen LogP contribution in [-0.2, 0) is 25.4 Å². The minimum Gasteiger partial charge on any atom is -0.367 e. The third kappa shape index (κ3) is 4.25. The highest BCUT2D eigenvalue weighted by Crippen LogP contribution is 2.19. The van der Waals surface area contributed by atoms with Crippen molar-refractivity contribution in [1.29, 1.82) is 0 Å². The molecule has 0 aliphatic carbocycles. The van der Waals surface area contributed by atoms with E-state index in [2.05, 4.69) is 10.1 Å².